The molecule has 5 atom stereocenters. The number of carboxylic acids is 1. The third-order valence-corrected chi connectivity index (χ3v) is 4.59. The number of esters is 3. The summed E-state index contributed by atoms with van der Waals surface area (Å²) in [5.41, 5.74) is 0. The first-order chi connectivity index (χ1) is 16.4. The molecule has 198 valence electrons. The van der Waals surface area contributed by atoms with Crippen LogP contribution >= 0.6 is 0 Å². The second-order valence-electron chi connectivity index (χ2n) is 7.72. The average Bonchev–Trinajstić information content (AvgIpc) is 2.73. The Bertz CT molecular complexity index is 786. The predicted octanol–water partition coefficient (Wildman–Crippen LogP) is -0.970. The van der Waals surface area contributed by atoms with Crippen molar-refractivity contribution >= 4 is 35.7 Å². The van der Waals surface area contributed by atoms with E-state index in [1.807, 2.05) is 0 Å². The number of amides is 2. The molecule has 0 aromatic heterocycles. The van der Waals surface area contributed by atoms with Crippen LogP contribution in [0.5, 0.6) is 0 Å². The monoisotopic (exact) mass is 504 g/mol. The van der Waals surface area contributed by atoms with Gasteiger partial charge >= 0.3 is 23.9 Å². The number of aliphatic carboxylic acids is 1. The van der Waals surface area contributed by atoms with Crippen LogP contribution in [0.25, 0.3) is 0 Å². The summed E-state index contributed by atoms with van der Waals surface area (Å²) in [6.45, 7) is 3.90. The molecule has 14 nitrogen and oxygen atoms in total. The molecule has 3 N–H and O–H groups in total. The average molecular weight is 504 g/mol. The van der Waals surface area contributed by atoms with Crippen LogP contribution in [0.2, 0.25) is 0 Å². The van der Waals surface area contributed by atoms with Gasteiger partial charge in [0.2, 0.25) is 11.8 Å². The summed E-state index contributed by atoms with van der Waals surface area (Å²) >= 11 is 0. The SMILES string of the molecule is CC(=O)NC1C(OCCCCC(=O)NCC(=O)O)OC(COC(C)=O)C(OC(C)=O)C1OC(C)=O. The number of rotatable bonds is 13. The zero-order valence-electron chi connectivity index (χ0n) is 20.1. The lowest BCUT2D eigenvalue weighted by Gasteiger charge is -2.44. The van der Waals surface area contributed by atoms with Crippen molar-refractivity contribution in [1.82, 2.24) is 10.6 Å². The van der Waals surface area contributed by atoms with Gasteiger partial charge in [0.1, 0.15) is 25.3 Å². The molecular weight excluding hydrogens is 472 g/mol. The minimum atomic E-state index is -1.22. The first-order valence-electron chi connectivity index (χ1n) is 10.9. The quantitative estimate of drug-likeness (QED) is 0.158. The maximum Gasteiger partial charge on any atom is 0.322 e. The fourth-order valence-electron chi connectivity index (χ4n) is 3.28. The smallest absolute Gasteiger partial charge is 0.322 e. The lowest BCUT2D eigenvalue weighted by Crippen LogP contribution is -2.66. The standard InChI is InChI=1S/C21H32N2O12/c1-11(24)23-18-20(34-14(4)27)19(33-13(3)26)15(10-32-12(2)25)35-21(18)31-8-6-5-7-16(28)22-9-17(29)30/h15,18-21H,5-10H2,1-4H3,(H,22,28)(H,23,24)(H,29,30). The van der Waals surface area contributed by atoms with Crippen LogP contribution in [0.1, 0.15) is 47.0 Å². The summed E-state index contributed by atoms with van der Waals surface area (Å²) < 4.78 is 27.2. The maximum absolute atomic E-state index is 11.8. The third-order valence-electron chi connectivity index (χ3n) is 4.59. The Morgan fingerprint density at radius 2 is 1.51 bits per heavy atom. The Morgan fingerprint density at radius 3 is 2.06 bits per heavy atom. The highest BCUT2D eigenvalue weighted by Gasteiger charge is 2.51. The number of carbonyl (C=O) groups excluding carboxylic acids is 5. The number of unbranched alkanes of at least 4 members (excludes halogenated alkanes) is 1. The molecule has 14 heteroatoms. The van der Waals surface area contributed by atoms with E-state index in [9.17, 15) is 28.8 Å². The maximum atomic E-state index is 11.8. The summed E-state index contributed by atoms with van der Waals surface area (Å²) in [5.74, 6) is -4.15. The van der Waals surface area contributed by atoms with Crippen LogP contribution in [0.4, 0.5) is 0 Å². The van der Waals surface area contributed by atoms with Crippen molar-refractivity contribution in [2.45, 2.75) is 77.6 Å². The summed E-state index contributed by atoms with van der Waals surface area (Å²) in [6.07, 6.45) is -3.90. The van der Waals surface area contributed by atoms with Crippen molar-refractivity contribution in [2.24, 2.45) is 0 Å². The number of hydrogen-bond donors (Lipinski definition) is 3. The second kappa shape index (κ2) is 14.9. The van der Waals surface area contributed by atoms with Crippen molar-refractivity contribution < 1.29 is 57.6 Å². The Balaban J connectivity index is 2.95. The van der Waals surface area contributed by atoms with Gasteiger partial charge in [0.25, 0.3) is 0 Å². The molecule has 1 rings (SSSR count). The highest BCUT2D eigenvalue weighted by molar-refractivity contribution is 5.81. The van der Waals surface area contributed by atoms with Gasteiger partial charge in [-0.05, 0) is 12.8 Å². The molecule has 1 saturated heterocycles. The molecule has 0 saturated carbocycles. The molecular formula is C21H32N2O12. The van der Waals surface area contributed by atoms with Gasteiger partial charge < -0.3 is 39.4 Å². The molecule has 1 aliphatic rings. The van der Waals surface area contributed by atoms with E-state index in [1.54, 1.807) is 0 Å². The molecule has 1 aliphatic heterocycles. The lowest BCUT2D eigenvalue weighted by molar-refractivity contribution is -0.277. The van der Waals surface area contributed by atoms with E-state index in [-0.39, 0.29) is 19.6 Å². The van der Waals surface area contributed by atoms with Gasteiger partial charge in [0.15, 0.2) is 18.5 Å². The molecule has 0 radical (unpaired) electrons. The van der Waals surface area contributed by atoms with Crippen LogP contribution < -0.4 is 10.6 Å². The topological polar surface area (TPSA) is 193 Å². The molecule has 2 amide bonds. The molecule has 0 bridgehead atoms. The molecule has 1 heterocycles. The fraction of sp³-hybridized carbons (Fsp3) is 0.714. The van der Waals surface area contributed by atoms with Crippen molar-refractivity contribution in [3.05, 3.63) is 0 Å². The van der Waals surface area contributed by atoms with E-state index in [0.717, 1.165) is 13.8 Å². The summed E-state index contributed by atoms with van der Waals surface area (Å²) in [5, 5.41) is 13.4. The van der Waals surface area contributed by atoms with Crippen LogP contribution in [0.15, 0.2) is 0 Å². The van der Waals surface area contributed by atoms with Gasteiger partial charge in [0, 0.05) is 40.7 Å². The Morgan fingerprint density at radius 1 is 0.886 bits per heavy atom. The van der Waals surface area contributed by atoms with E-state index in [4.69, 9.17) is 28.8 Å². The van der Waals surface area contributed by atoms with Crippen LogP contribution in [0, 0.1) is 0 Å². The van der Waals surface area contributed by atoms with Gasteiger partial charge in [-0.3, -0.25) is 28.8 Å². The number of carbonyl (C=O) groups is 6. The van der Waals surface area contributed by atoms with Gasteiger partial charge in [-0.15, -0.1) is 0 Å². The van der Waals surface area contributed by atoms with E-state index >= 15 is 0 Å². The summed E-state index contributed by atoms with van der Waals surface area (Å²) in [7, 11) is 0. The van der Waals surface area contributed by atoms with Crippen LogP contribution in [-0.4, -0.2) is 91.2 Å². The van der Waals surface area contributed by atoms with E-state index in [0.29, 0.717) is 12.8 Å². The van der Waals surface area contributed by atoms with Crippen LogP contribution in [-0.2, 0) is 52.5 Å². The highest BCUT2D eigenvalue weighted by atomic mass is 16.7. The minimum absolute atomic E-state index is 0.0538. The Hall–Kier alpha value is -3.26. The number of carboxylic acid groups (broad SMARTS) is 1. The molecule has 1 fully saturated rings. The molecule has 35 heavy (non-hydrogen) atoms. The third kappa shape index (κ3) is 11.6. The zero-order chi connectivity index (χ0) is 26.5. The molecule has 0 aromatic rings. The van der Waals surface area contributed by atoms with E-state index in [2.05, 4.69) is 10.6 Å². The van der Waals surface area contributed by atoms with Crippen molar-refractivity contribution in [3.8, 4) is 0 Å². The zero-order valence-corrected chi connectivity index (χ0v) is 20.1. The van der Waals surface area contributed by atoms with Crippen LogP contribution in [0.3, 0.4) is 0 Å². The first-order valence-corrected chi connectivity index (χ1v) is 10.9. The molecule has 5 unspecified atom stereocenters. The Kier molecular flexibility index (Phi) is 12.7. The summed E-state index contributed by atoms with van der Waals surface area (Å²) in [6, 6.07) is -1.08. The largest absolute Gasteiger partial charge is 0.480 e. The molecule has 0 spiro atoms. The first kappa shape index (κ1) is 29.8. The molecule has 0 aliphatic carbocycles. The van der Waals surface area contributed by atoms with Crippen molar-refractivity contribution in [3.63, 3.8) is 0 Å². The van der Waals surface area contributed by atoms with Gasteiger partial charge in [0.05, 0.1) is 0 Å². The summed E-state index contributed by atoms with van der Waals surface area (Å²) in [4.78, 5) is 68.8. The van der Waals surface area contributed by atoms with Gasteiger partial charge in [-0.25, -0.2) is 0 Å². The normalized spacial score (nSPS) is 23.5. The van der Waals surface area contributed by atoms with E-state index < -0.39 is 72.9 Å². The van der Waals surface area contributed by atoms with Gasteiger partial charge in [-0.1, -0.05) is 0 Å². The fourth-order valence-corrected chi connectivity index (χ4v) is 3.28. The number of ether oxygens (including phenoxy) is 5. The van der Waals surface area contributed by atoms with Crippen molar-refractivity contribution in [1.29, 1.82) is 0 Å². The Labute approximate surface area is 201 Å². The number of nitrogens with one attached hydrogen (secondary N) is 2. The second-order valence-corrected chi connectivity index (χ2v) is 7.72. The van der Waals surface area contributed by atoms with Gasteiger partial charge in [-0.2, -0.15) is 0 Å². The highest BCUT2D eigenvalue weighted by Crippen LogP contribution is 2.28. The lowest BCUT2D eigenvalue weighted by atomic mass is 9.96. The van der Waals surface area contributed by atoms with E-state index in [1.165, 1.54) is 13.8 Å². The number of hydrogen-bond acceptors (Lipinski definition) is 11. The molecule has 0 aromatic carbocycles. The van der Waals surface area contributed by atoms with Crippen molar-refractivity contribution in [2.75, 3.05) is 19.8 Å². The predicted molar refractivity (Wildman–Crippen MR) is 114 cm³/mol. The minimum Gasteiger partial charge on any atom is -0.480 e.